The number of aromatic nitrogens is 1. The summed E-state index contributed by atoms with van der Waals surface area (Å²) in [5.41, 5.74) is 0.0424. The van der Waals surface area contributed by atoms with Crippen molar-refractivity contribution in [3.05, 3.63) is 22.2 Å². The number of ether oxygens (including phenoxy) is 1. The highest BCUT2D eigenvalue weighted by atomic mass is 16.6. The number of hydrogen-bond donors (Lipinski definition) is 1. The van der Waals surface area contributed by atoms with Crippen molar-refractivity contribution in [3.63, 3.8) is 0 Å². The van der Waals surface area contributed by atoms with Crippen LogP contribution in [0.25, 0.3) is 0 Å². The van der Waals surface area contributed by atoms with Gasteiger partial charge in [-0.3, -0.25) is 10.1 Å². The Morgan fingerprint density at radius 2 is 2.40 bits per heavy atom. The van der Waals surface area contributed by atoms with E-state index >= 15 is 0 Å². The van der Waals surface area contributed by atoms with Gasteiger partial charge in [0.1, 0.15) is 5.82 Å². The summed E-state index contributed by atoms with van der Waals surface area (Å²) in [7, 11) is 0. The molecule has 1 atom stereocenters. The highest BCUT2D eigenvalue weighted by Gasteiger charge is 2.27. The zero-order chi connectivity index (χ0) is 14.5. The Labute approximate surface area is 118 Å². The molecule has 0 bridgehead atoms. The molecule has 1 aliphatic heterocycles. The number of nitrogens with one attached hydrogen (secondary N) is 1. The molecule has 1 aromatic heterocycles. The summed E-state index contributed by atoms with van der Waals surface area (Å²) >= 11 is 0. The maximum absolute atomic E-state index is 11.2. The van der Waals surface area contributed by atoms with Gasteiger partial charge in [0.25, 0.3) is 0 Å². The van der Waals surface area contributed by atoms with E-state index in [1.54, 1.807) is 6.07 Å². The quantitative estimate of drug-likeness (QED) is 0.656. The fourth-order valence-corrected chi connectivity index (χ4v) is 2.19. The van der Waals surface area contributed by atoms with Crippen LogP contribution >= 0.6 is 0 Å². The molecule has 1 aromatic rings. The Morgan fingerprint density at radius 3 is 3.05 bits per heavy atom. The first-order valence-corrected chi connectivity index (χ1v) is 6.87. The highest BCUT2D eigenvalue weighted by Crippen LogP contribution is 2.30. The van der Waals surface area contributed by atoms with E-state index < -0.39 is 0 Å². The van der Waals surface area contributed by atoms with E-state index in [2.05, 4.69) is 17.2 Å². The van der Waals surface area contributed by atoms with Crippen LogP contribution in [-0.4, -0.2) is 42.3 Å². The summed E-state index contributed by atoms with van der Waals surface area (Å²) in [5.74, 6) is 1.10. The first kappa shape index (κ1) is 14.5. The molecule has 2 rings (SSSR count). The van der Waals surface area contributed by atoms with Gasteiger partial charge in [0.05, 0.1) is 24.2 Å². The van der Waals surface area contributed by atoms with E-state index in [9.17, 15) is 10.1 Å². The van der Waals surface area contributed by atoms with Gasteiger partial charge in [-0.1, -0.05) is 6.92 Å². The molecule has 1 unspecified atom stereocenters. The van der Waals surface area contributed by atoms with E-state index in [0.29, 0.717) is 31.4 Å². The van der Waals surface area contributed by atoms with Crippen LogP contribution in [0.3, 0.4) is 0 Å². The largest absolute Gasteiger partial charge is 0.377 e. The van der Waals surface area contributed by atoms with Crippen LogP contribution in [0.5, 0.6) is 0 Å². The van der Waals surface area contributed by atoms with Crippen LogP contribution in [0.1, 0.15) is 20.3 Å². The van der Waals surface area contributed by atoms with Gasteiger partial charge in [-0.2, -0.15) is 0 Å². The van der Waals surface area contributed by atoms with E-state index in [1.165, 1.54) is 6.07 Å². The van der Waals surface area contributed by atoms with Gasteiger partial charge in [0, 0.05) is 19.2 Å². The maximum atomic E-state index is 11.2. The van der Waals surface area contributed by atoms with Gasteiger partial charge in [-0.05, 0) is 19.4 Å². The third-order valence-electron chi connectivity index (χ3n) is 3.25. The molecule has 7 heteroatoms. The van der Waals surface area contributed by atoms with Gasteiger partial charge in [-0.25, -0.2) is 4.98 Å². The van der Waals surface area contributed by atoms with Crippen molar-refractivity contribution in [1.82, 2.24) is 4.98 Å². The third kappa shape index (κ3) is 3.16. The second kappa shape index (κ2) is 6.51. The summed E-state index contributed by atoms with van der Waals surface area (Å²) < 4.78 is 5.37. The van der Waals surface area contributed by atoms with Crippen molar-refractivity contribution in [1.29, 1.82) is 0 Å². The Morgan fingerprint density at radius 1 is 1.60 bits per heavy atom. The van der Waals surface area contributed by atoms with Crippen molar-refractivity contribution < 1.29 is 9.66 Å². The van der Waals surface area contributed by atoms with Crippen molar-refractivity contribution in [2.24, 2.45) is 0 Å². The summed E-state index contributed by atoms with van der Waals surface area (Å²) in [6.45, 7) is 6.58. The lowest BCUT2D eigenvalue weighted by atomic mass is 10.2. The molecule has 0 saturated carbocycles. The molecular formula is C13H20N4O3. The number of nitro groups is 1. The van der Waals surface area contributed by atoms with Crippen molar-refractivity contribution in [2.45, 2.75) is 26.3 Å². The molecule has 0 amide bonds. The van der Waals surface area contributed by atoms with E-state index in [1.807, 2.05) is 11.8 Å². The van der Waals surface area contributed by atoms with Crippen LogP contribution in [0.4, 0.5) is 17.3 Å². The molecule has 1 saturated heterocycles. The average Bonchev–Trinajstić information content (AvgIpc) is 2.45. The monoisotopic (exact) mass is 280 g/mol. The molecule has 1 aliphatic rings. The lowest BCUT2D eigenvalue weighted by molar-refractivity contribution is -0.384. The van der Waals surface area contributed by atoms with Gasteiger partial charge < -0.3 is 15.0 Å². The number of pyridine rings is 1. The van der Waals surface area contributed by atoms with Crippen LogP contribution in [-0.2, 0) is 4.74 Å². The fraction of sp³-hybridized carbons (Fsp3) is 0.615. The molecule has 0 aromatic carbocycles. The first-order valence-electron chi connectivity index (χ1n) is 6.87. The predicted octanol–water partition coefficient (Wildman–Crippen LogP) is 2.04. The van der Waals surface area contributed by atoms with Crippen LogP contribution in [0.15, 0.2) is 12.1 Å². The zero-order valence-corrected chi connectivity index (χ0v) is 11.8. The number of anilines is 2. The molecule has 7 nitrogen and oxygen atoms in total. The SMILES string of the molecule is CCCNc1ccc([N+](=O)[O-])c(N2CCOCC2C)n1. The molecule has 1 N–H and O–H groups in total. The molecule has 20 heavy (non-hydrogen) atoms. The molecule has 1 fully saturated rings. The van der Waals surface area contributed by atoms with E-state index in [-0.39, 0.29) is 16.7 Å². The van der Waals surface area contributed by atoms with Gasteiger partial charge >= 0.3 is 5.69 Å². The zero-order valence-electron chi connectivity index (χ0n) is 11.8. The molecule has 2 heterocycles. The first-order chi connectivity index (χ1) is 9.63. The van der Waals surface area contributed by atoms with Gasteiger partial charge in [0.2, 0.25) is 5.82 Å². The number of rotatable bonds is 5. The molecule has 0 aliphatic carbocycles. The fourth-order valence-electron chi connectivity index (χ4n) is 2.19. The van der Waals surface area contributed by atoms with Crippen molar-refractivity contribution >= 4 is 17.3 Å². The third-order valence-corrected chi connectivity index (χ3v) is 3.25. The van der Waals surface area contributed by atoms with Crippen LogP contribution < -0.4 is 10.2 Å². The minimum Gasteiger partial charge on any atom is -0.377 e. The molecule has 0 radical (unpaired) electrons. The Hall–Kier alpha value is -1.89. The predicted molar refractivity (Wildman–Crippen MR) is 77.3 cm³/mol. The Balaban J connectivity index is 2.33. The molecule has 0 spiro atoms. The summed E-state index contributed by atoms with van der Waals surface area (Å²) in [6.07, 6.45) is 0.974. The Bertz CT molecular complexity index is 481. The van der Waals surface area contributed by atoms with Crippen LogP contribution in [0.2, 0.25) is 0 Å². The van der Waals surface area contributed by atoms with Gasteiger partial charge in [-0.15, -0.1) is 0 Å². The second-order valence-corrected chi connectivity index (χ2v) is 4.84. The molecule has 110 valence electrons. The molecular weight excluding hydrogens is 260 g/mol. The van der Waals surface area contributed by atoms with Crippen molar-refractivity contribution in [2.75, 3.05) is 36.5 Å². The topological polar surface area (TPSA) is 80.5 Å². The smallest absolute Gasteiger partial charge is 0.311 e. The number of nitrogens with zero attached hydrogens (tertiary/aromatic N) is 3. The summed E-state index contributed by atoms with van der Waals surface area (Å²) in [6, 6.07) is 3.25. The van der Waals surface area contributed by atoms with Crippen LogP contribution in [0, 0.1) is 10.1 Å². The van der Waals surface area contributed by atoms with E-state index in [0.717, 1.165) is 13.0 Å². The number of morpholine rings is 1. The minimum atomic E-state index is -0.381. The highest BCUT2D eigenvalue weighted by molar-refractivity contribution is 5.62. The van der Waals surface area contributed by atoms with E-state index in [4.69, 9.17) is 4.74 Å². The second-order valence-electron chi connectivity index (χ2n) is 4.84. The minimum absolute atomic E-state index is 0.0424. The standard InChI is InChI=1S/C13H20N4O3/c1-3-6-14-12-5-4-11(17(18)19)13(15-12)16-7-8-20-9-10(16)2/h4-5,10H,3,6-9H2,1-2H3,(H,14,15). The number of hydrogen-bond acceptors (Lipinski definition) is 6. The lowest BCUT2D eigenvalue weighted by Crippen LogP contribution is -2.44. The Kier molecular flexibility index (Phi) is 4.73. The maximum Gasteiger partial charge on any atom is 0.311 e. The summed E-state index contributed by atoms with van der Waals surface area (Å²) in [4.78, 5) is 17.2. The normalized spacial score (nSPS) is 18.9. The van der Waals surface area contributed by atoms with Crippen molar-refractivity contribution in [3.8, 4) is 0 Å². The average molecular weight is 280 g/mol. The summed E-state index contributed by atoms with van der Waals surface area (Å²) in [5, 5.41) is 14.3. The lowest BCUT2D eigenvalue weighted by Gasteiger charge is -2.33. The van der Waals surface area contributed by atoms with Gasteiger partial charge in [0.15, 0.2) is 0 Å².